The molecule has 118 valence electrons. The Kier molecular flexibility index (Phi) is 6.90. The highest BCUT2D eigenvalue weighted by Gasteiger charge is 2.21. The van der Waals surface area contributed by atoms with Crippen LogP contribution in [-0.4, -0.2) is 34.6 Å². The van der Waals surface area contributed by atoms with E-state index < -0.39 is 5.60 Å². The van der Waals surface area contributed by atoms with Crippen LogP contribution in [0.1, 0.15) is 51.7 Å². The van der Waals surface area contributed by atoms with Crippen LogP contribution in [0.4, 0.5) is 0 Å². The molecule has 0 saturated heterocycles. The van der Waals surface area contributed by atoms with Gasteiger partial charge in [-0.25, -0.2) is 0 Å². The predicted molar refractivity (Wildman–Crippen MR) is 87.3 cm³/mol. The molecule has 0 aliphatic rings. The molecule has 0 spiro atoms. The lowest BCUT2D eigenvalue weighted by Gasteiger charge is -2.28. The summed E-state index contributed by atoms with van der Waals surface area (Å²) < 4.78 is 0. The zero-order valence-corrected chi connectivity index (χ0v) is 13.9. The summed E-state index contributed by atoms with van der Waals surface area (Å²) in [5.41, 5.74) is 1.52. The van der Waals surface area contributed by atoms with Gasteiger partial charge in [0.1, 0.15) is 0 Å². The van der Waals surface area contributed by atoms with Gasteiger partial charge in [-0.05, 0) is 44.7 Å². The molecule has 1 aromatic rings. The number of carbonyl (C=O) groups excluding carboxylic acids is 1. The number of aryl methyl sites for hydroxylation is 1. The van der Waals surface area contributed by atoms with Crippen LogP contribution in [0.3, 0.4) is 0 Å². The Labute approximate surface area is 129 Å². The van der Waals surface area contributed by atoms with Gasteiger partial charge in [-0.3, -0.25) is 4.79 Å². The number of nitrogens with zero attached hydrogens (tertiary/aromatic N) is 1. The molecular weight excluding hydrogens is 262 g/mol. The molecule has 0 saturated carbocycles. The molecule has 0 aliphatic heterocycles. The number of hydrogen-bond acceptors (Lipinski definition) is 2. The highest BCUT2D eigenvalue weighted by atomic mass is 16.3. The molecule has 0 fully saturated rings. The minimum Gasteiger partial charge on any atom is -0.389 e. The number of aliphatic hydroxyl groups is 1. The van der Waals surface area contributed by atoms with Crippen molar-refractivity contribution in [2.45, 2.75) is 59.0 Å². The van der Waals surface area contributed by atoms with Crippen molar-refractivity contribution in [2.75, 3.05) is 13.1 Å². The van der Waals surface area contributed by atoms with Gasteiger partial charge in [0.25, 0.3) is 0 Å². The molecule has 3 heteroatoms. The fraction of sp³-hybridized carbons (Fsp3) is 0.611. The first kappa shape index (κ1) is 17.7. The van der Waals surface area contributed by atoms with E-state index >= 15 is 0 Å². The van der Waals surface area contributed by atoms with Crippen LogP contribution in [0.15, 0.2) is 24.3 Å². The van der Waals surface area contributed by atoms with E-state index in [4.69, 9.17) is 0 Å². The Bertz CT molecular complexity index is 432. The van der Waals surface area contributed by atoms with E-state index in [1.54, 1.807) is 18.7 Å². The van der Waals surface area contributed by atoms with Crippen LogP contribution in [0.5, 0.6) is 0 Å². The van der Waals surface area contributed by atoms with Gasteiger partial charge < -0.3 is 10.0 Å². The normalized spacial score (nSPS) is 11.5. The second-order valence-electron chi connectivity index (χ2n) is 6.32. The monoisotopic (exact) mass is 291 g/mol. The van der Waals surface area contributed by atoms with E-state index in [1.807, 2.05) is 19.1 Å². The van der Waals surface area contributed by atoms with Gasteiger partial charge in [-0.15, -0.1) is 0 Å². The smallest absolute Gasteiger partial charge is 0.227 e. The molecule has 0 heterocycles. The third-order valence-corrected chi connectivity index (χ3v) is 3.51. The van der Waals surface area contributed by atoms with Crippen molar-refractivity contribution in [3.8, 4) is 0 Å². The first-order chi connectivity index (χ1) is 9.85. The minimum absolute atomic E-state index is 0.0703. The first-order valence-electron chi connectivity index (χ1n) is 7.93. The van der Waals surface area contributed by atoms with Gasteiger partial charge in [-0.2, -0.15) is 0 Å². The molecule has 0 bridgehead atoms. The van der Waals surface area contributed by atoms with Gasteiger partial charge in [-0.1, -0.05) is 37.6 Å². The molecule has 1 aromatic carbocycles. The Morgan fingerprint density at radius 1 is 1.14 bits per heavy atom. The summed E-state index contributed by atoms with van der Waals surface area (Å²) in [5.74, 6) is 0.0703. The molecule has 0 aromatic heterocycles. The third kappa shape index (κ3) is 6.76. The maximum Gasteiger partial charge on any atom is 0.227 e. The van der Waals surface area contributed by atoms with Gasteiger partial charge in [0.05, 0.1) is 12.0 Å². The molecule has 0 atom stereocenters. The highest BCUT2D eigenvalue weighted by molar-refractivity contribution is 5.78. The average Bonchev–Trinajstić information content (AvgIpc) is 2.43. The summed E-state index contributed by atoms with van der Waals surface area (Å²) in [7, 11) is 0. The topological polar surface area (TPSA) is 40.5 Å². The molecule has 0 unspecified atom stereocenters. The number of amides is 1. The van der Waals surface area contributed by atoms with Gasteiger partial charge >= 0.3 is 0 Å². The standard InChI is InChI=1S/C18H29NO2/c1-5-7-8-15-9-11-16(12-10-15)13-17(20)19(6-2)14-18(3,4)21/h9-12,21H,5-8,13-14H2,1-4H3. The van der Waals surface area contributed by atoms with Gasteiger partial charge in [0.15, 0.2) is 0 Å². The number of hydrogen-bond donors (Lipinski definition) is 1. The van der Waals surface area contributed by atoms with E-state index in [2.05, 4.69) is 19.1 Å². The van der Waals surface area contributed by atoms with Crippen LogP contribution < -0.4 is 0 Å². The van der Waals surface area contributed by atoms with Crippen molar-refractivity contribution in [1.82, 2.24) is 4.90 Å². The summed E-state index contributed by atoms with van der Waals surface area (Å²) in [6.45, 7) is 8.58. The molecule has 1 rings (SSSR count). The molecule has 1 N–H and O–H groups in total. The molecule has 21 heavy (non-hydrogen) atoms. The average molecular weight is 291 g/mol. The fourth-order valence-electron chi connectivity index (χ4n) is 2.33. The quantitative estimate of drug-likeness (QED) is 0.799. The van der Waals surface area contributed by atoms with Crippen LogP contribution in [0.25, 0.3) is 0 Å². The van der Waals surface area contributed by atoms with Crippen molar-refractivity contribution in [3.63, 3.8) is 0 Å². The Balaban J connectivity index is 2.60. The van der Waals surface area contributed by atoms with Crippen molar-refractivity contribution >= 4 is 5.91 Å². The maximum atomic E-state index is 12.3. The van der Waals surface area contributed by atoms with E-state index in [9.17, 15) is 9.90 Å². The SMILES string of the molecule is CCCCc1ccc(CC(=O)N(CC)CC(C)(C)O)cc1. The summed E-state index contributed by atoms with van der Waals surface area (Å²) in [5, 5.41) is 9.86. The minimum atomic E-state index is -0.852. The van der Waals surface area contributed by atoms with Crippen molar-refractivity contribution < 1.29 is 9.90 Å². The van der Waals surface area contributed by atoms with Gasteiger partial charge in [0.2, 0.25) is 5.91 Å². The van der Waals surface area contributed by atoms with Crippen molar-refractivity contribution in [1.29, 1.82) is 0 Å². The number of rotatable bonds is 8. The molecule has 0 aliphatic carbocycles. The van der Waals surface area contributed by atoms with E-state index in [0.29, 0.717) is 19.5 Å². The summed E-state index contributed by atoms with van der Waals surface area (Å²) in [6.07, 6.45) is 3.90. The Morgan fingerprint density at radius 3 is 2.19 bits per heavy atom. The fourth-order valence-corrected chi connectivity index (χ4v) is 2.33. The van der Waals surface area contributed by atoms with E-state index in [1.165, 1.54) is 18.4 Å². The van der Waals surface area contributed by atoms with Crippen molar-refractivity contribution in [3.05, 3.63) is 35.4 Å². The Morgan fingerprint density at radius 2 is 1.71 bits per heavy atom. The molecule has 3 nitrogen and oxygen atoms in total. The lowest BCUT2D eigenvalue weighted by atomic mass is 10.0. The van der Waals surface area contributed by atoms with Crippen LogP contribution in [0.2, 0.25) is 0 Å². The number of likely N-dealkylation sites (N-methyl/N-ethyl adjacent to an activating group) is 1. The zero-order valence-electron chi connectivity index (χ0n) is 13.9. The number of benzene rings is 1. The van der Waals surface area contributed by atoms with Crippen LogP contribution in [0, 0.1) is 0 Å². The lowest BCUT2D eigenvalue weighted by molar-refractivity contribution is -0.133. The van der Waals surface area contributed by atoms with E-state index in [-0.39, 0.29) is 5.91 Å². The summed E-state index contributed by atoms with van der Waals surface area (Å²) in [4.78, 5) is 14.0. The zero-order chi connectivity index (χ0) is 15.9. The highest BCUT2D eigenvalue weighted by Crippen LogP contribution is 2.11. The van der Waals surface area contributed by atoms with Crippen LogP contribution >= 0.6 is 0 Å². The van der Waals surface area contributed by atoms with Gasteiger partial charge in [0, 0.05) is 13.1 Å². The molecular formula is C18H29NO2. The lowest BCUT2D eigenvalue weighted by Crippen LogP contribution is -2.42. The van der Waals surface area contributed by atoms with E-state index in [0.717, 1.165) is 12.0 Å². The van der Waals surface area contributed by atoms with Crippen molar-refractivity contribution in [2.24, 2.45) is 0 Å². The number of unbranched alkanes of at least 4 members (excludes halogenated alkanes) is 1. The van der Waals surface area contributed by atoms with Crippen LogP contribution in [-0.2, 0) is 17.6 Å². The second-order valence-corrected chi connectivity index (χ2v) is 6.32. The second kappa shape index (κ2) is 8.18. The molecule has 1 amide bonds. The summed E-state index contributed by atoms with van der Waals surface area (Å²) in [6, 6.07) is 8.32. The largest absolute Gasteiger partial charge is 0.389 e. The molecule has 0 radical (unpaired) electrons. The number of carbonyl (C=O) groups is 1. The first-order valence-corrected chi connectivity index (χ1v) is 7.93. The summed E-state index contributed by atoms with van der Waals surface area (Å²) >= 11 is 0. The Hall–Kier alpha value is -1.35. The third-order valence-electron chi connectivity index (χ3n) is 3.51. The maximum absolute atomic E-state index is 12.3. The predicted octanol–water partition coefficient (Wildman–Crippen LogP) is 3.19.